The lowest BCUT2D eigenvalue weighted by Gasteiger charge is -2.00. The fourth-order valence-corrected chi connectivity index (χ4v) is 1.71. The van der Waals surface area contributed by atoms with Gasteiger partial charge < -0.3 is 4.79 Å². The van der Waals surface area contributed by atoms with Gasteiger partial charge in [0.1, 0.15) is 5.78 Å². The van der Waals surface area contributed by atoms with E-state index in [9.17, 15) is 4.79 Å². The summed E-state index contributed by atoms with van der Waals surface area (Å²) < 4.78 is 0. The fraction of sp³-hybridized carbons (Fsp3) is 0.667. The molecular weight excluding hydrogens is 196 g/mol. The van der Waals surface area contributed by atoms with Crippen LogP contribution in [0.3, 0.4) is 0 Å². The highest BCUT2D eigenvalue weighted by atomic mass is 16.1. The minimum absolute atomic E-state index is 0.328. The molecule has 0 saturated heterocycles. The predicted molar refractivity (Wildman–Crippen MR) is 71.6 cm³/mol. The summed E-state index contributed by atoms with van der Waals surface area (Å²) in [5.74, 6) is 0.328. The molecule has 0 aliphatic heterocycles. The van der Waals surface area contributed by atoms with Crippen LogP contribution in [0.5, 0.6) is 0 Å². The SMILES string of the molecule is C=CC=CCCCCCCCCCC(C)=O. The molecule has 92 valence electrons. The van der Waals surface area contributed by atoms with Crippen LogP contribution < -0.4 is 0 Å². The van der Waals surface area contributed by atoms with Crippen LogP contribution in [0.15, 0.2) is 24.8 Å². The number of hydrogen-bond acceptors (Lipinski definition) is 1. The molecule has 0 fully saturated rings. The Bertz CT molecular complexity index is 203. The van der Waals surface area contributed by atoms with Crippen molar-refractivity contribution >= 4 is 5.78 Å². The molecule has 0 unspecified atom stereocenters. The number of carbonyl (C=O) groups is 1. The molecule has 0 amide bonds. The van der Waals surface area contributed by atoms with E-state index in [0.29, 0.717) is 5.78 Å². The zero-order chi connectivity index (χ0) is 12.1. The summed E-state index contributed by atoms with van der Waals surface area (Å²) in [6, 6.07) is 0. The highest BCUT2D eigenvalue weighted by Gasteiger charge is 1.94. The van der Waals surface area contributed by atoms with Gasteiger partial charge in [0.25, 0.3) is 0 Å². The third-order valence-electron chi connectivity index (χ3n) is 2.67. The lowest BCUT2D eigenvalue weighted by atomic mass is 10.1. The van der Waals surface area contributed by atoms with Gasteiger partial charge in [-0.1, -0.05) is 56.9 Å². The van der Waals surface area contributed by atoms with Gasteiger partial charge in [0, 0.05) is 6.42 Å². The number of ketones is 1. The van der Waals surface area contributed by atoms with E-state index in [4.69, 9.17) is 0 Å². The molecule has 0 N–H and O–H groups in total. The Kier molecular flexibility index (Phi) is 11.6. The van der Waals surface area contributed by atoms with Crippen LogP contribution in [0.1, 0.15) is 64.7 Å². The molecule has 0 aliphatic rings. The number of carbonyl (C=O) groups excluding carboxylic acids is 1. The molecule has 0 atom stereocenters. The summed E-state index contributed by atoms with van der Waals surface area (Å²) in [7, 11) is 0. The molecule has 0 radical (unpaired) electrons. The van der Waals surface area contributed by atoms with E-state index in [1.165, 1.54) is 44.9 Å². The number of unbranched alkanes of at least 4 members (excludes halogenated alkanes) is 7. The van der Waals surface area contributed by atoms with E-state index in [-0.39, 0.29) is 0 Å². The molecule has 1 heteroatoms. The Morgan fingerprint density at radius 2 is 1.56 bits per heavy atom. The van der Waals surface area contributed by atoms with E-state index in [1.807, 2.05) is 12.2 Å². The van der Waals surface area contributed by atoms with Crippen LogP contribution in [-0.4, -0.2) is 5.78 Å². The second-order valence-electron chi connectivity index (χ2n) is 4.38. The molecule has 0 aromatic heterocycles. The number of rotatable bonds is 11. The Morgan fingerprint density at radius 3 is 2.12 bits per heavy atom. The van der Waals surface area contributed by atoms with Crippen LogP contribution in [0.4, 0.5) is 0 Å². The van der Waals surface area contributed by atoms with Gasteiger partial charge >= 0.3 is 0 Å². The molecule has 0 aromatic carbocycles. The summed E-state index contributed by atoms with van der Waals surface area (Å²) in [5.41, 5.74) is 0. The Morgan fingerprint density at radius 1 is 1.00 bits per heavy atom. The van der Waals surface area contributed by atoms with E-state index < -0.39 is 0 Å². The van der Waals surface area contributed by atoms with Crippen molar-refractivity contribution in [1.29, 1.82) is 0 Å². The maximum atomic E-state index is 10.7. The van der Waals surface area contributed by atoms with Crippen LogP contribution >= 0.6 is 0 Å². The molecule has 0 aliphatic carbocycles. The summed E-state index contributed by atoms with van der Waals surface area (Å²) in [5, 5.41) is 0. The van der Waals surface area contributed by atoms with Crippen molar-refractivity contribution in [2.75, 3.05) is 0 Å². The third-order valence-corrected chi connectivity index (χ3v) is 2.67. The number of hydrogen-bond donors (Lipinski definition) is 0. The van der Waals surface area contributed by atoms with Crippen molar-refractivity contribution < 1.29 is 4.79 Å². The number of allylic oxidation sites excluding steroid dienone is 3. The molecular formula is C15H26O. The molecule has 0 rings (SSSR count). The van der Waals surface area contributed by atoms with Crippen molar-refractivity contribution in [3.8, 4) is 0 Å². The lowest BCUT2D eigenvalue weighted by molar-refractivity contribution is -0.117. The van der Waals surface area contributed by atoms with Crippen molar-refractivity contribution in [1.82, 2.24) is 0 Å². The quantitative estimate of drug-likeness (QED) is 0.361. The van der Waals surface area contributed by atoms with E-state index in [1.54, 1.807) is 6.92 Å². The summed E-state index contributed by atoms with van der Waals surface area (Å²) in [6.07, 6.45) is 16.8. The zero-order valence-corrected chi connectivity index (χ0v) is 10.7. The van der Waals surface area contributed by atoms with E-state index in [2.05, 4.69) is 12.7 Å². The first-order valence-electron chi connectivity index (χ1n) is 6.54. The topological polar surface area (TPSA) is 17.1 Å². The van der Waals surface area contributed by atoms with Gasteiger partial charge in [-0.25, -0.2) is 0 Å². The van der Waals surface area contributed by atoms with Gasteiger partial charge in [0.2, 0.25) is 0 Å². The van der Waals surface area contributed by atoms with Gasteiger partial charge in [-0.15, -0.1) is 0 Å². The summed E-state index contributed by atoms with van der Waals surface area (Å²) in [4.78, 5) is 10.7. The van der Waals surface area contributed by atoms with Crippen molar-refractivity contribution in [2.24, 2.45) is 0 Å². The monoisotopic (exact) mass is 222 g/mol. The average Bonchev–Trinajstić information content (AvgIpc) is 2.25. The Hall–Kier alpha value is -0.850. The number of Topliss-reactive ketones (excluding diaryl/α,β-unsaturated/α-hetero) is 1. The standard InChI is InChI=1S/C15H26O/c1-3-4-5-6-7-8-9-10-11-12-13-14-15(2)16/h3-5H,1,6-14H2,2H3. The minimum Gasteiger partial charge on any atom is -0.300 e. The van der Waals surface area contributed by atoms with Crippen LogP contribution in [-0.2, 0) is 4.79 Å². The first-order chi connectivity index (χ1) is 7.77. The molecule has 0 spiro atoms. The van der Waals surface area contributed by atoms with Crippen molar-refractivity contribution in [3.63, 3.8) is 0 Å². The molecule has 0 bridgehead atoms. The maximum absolute atomic E-state index is 10.7. The van der Waals surface area contributed by atoms with Crippen LogP contribution in [0, 0.1) is 0 Å². The third kappa shape index (κ3) is 13.2. The van der Waals surface area contributed by atoms with Crippen molar-refractivity contribution in [2.45, 2.75) is 64.7 Å². The largest absolute Gasteiger partial charge is 0.300 e. The molecule has 1 nitrogen and oxygen atoms in total. The highest BCUT2D eigenvalue weighted by molar-refractivity contribution is 5.75. The van der Waals surface area contributed by atoms with Gasteiger partial charge in [-0.05, 0) is 26.2 Å². The minimum atomic E-state index is 0.328. The molecule has 16 heavy (non-hydrogen) atoms. The smallest absolute Gasteiger partial charge is 0.129 e. The summed E-state index contributed by atoms with van der Waals surface area (Å²) >= 11 is 0. The van der Waals surface area contributed by atoms with Gasteiger partial charge in [-0.2, -0.15) is 0 Å². The first kappa shape index (κ1) is 15.2. The van der Waals surface area contributed by atoms with Gasteiger partial charge in [0.15, 0.2) is 0 Å². The first-order valence-corrected chi connectivity index (χ1v) is 6.54. The molecule has 0 aromatic rings. The summed E-state index contributed by atoms with van der Waals surface area (Å²) in [6.45, 7) is 5.32. The second-order valence-corrected chi connectivity index (χ2v) is 4.38. The average molecular weight is 222 g/mol. The Balaban J connectivity index is 3.01. The maximum Gasteiger partial charge on any atom is 0.129 e. The van der Waals surface area contributed by atoms with Crippen LogP contribution in [0.25, 0.3) is 0 Å². The zero-order valence-electron chi connectivity index (χ0n) is 10.7. The Labute approximate surface area is 101 Å². The van der Waals surface area contributed by atoms with E-state index >= 15 is 0 Å². The fourth-order valence-electron chi connectivity index (χ4n) is 1.71. The predicted octanol–water partition coefficient (Wildman–Crippen LogP) is 4.83. The van der Waals surface area contributed by atoms with Gasteiger partial charge in [-0.3, -0.25) is 0 Å². The normalized spacial score (nSPS) is 10.8. The van der Waals surface area contributed by atoms with Gasteiger partial charge in [0.05, 0.1) is 0 Å². The van der Waals surface area contributed by atoms with Crippen molar-refractivity contribution in [3.05, 3.63) is 24.8 Å². The van der Waals surface area contributed by atoms with E-state index in [0.717, 1.165) is 12.8 Å². The molecule has 0 saturated carbocycles. The second kappa shape index (κ2) is 12.2. The highest BCUT2D eigenvalue weighted by Crippen LogP contribution is 2.10. The lowest BCUT2D eigenvalue weighted by Crippen LogP contribution is -1.89. The van der Waals surface area contributed by atoms with Crippen LogP contribution in [0.2, 0.25) is 0 Å². The molecule has 0 heterocycles.